The molecule has 6 nitrogen and oxygen atoms in total. The molecule has 1 N–H and O–H groups in total. The van der Waals surface area contributed by atoms with E-state index < -0.39 is 23.1 Å². The average Bonchev–Trinajstić information content (AvgIpc) is 3.00. The molecule has 1 aliphatic heterocycles. The van der Waals surface area contributed by atoms with Gasteiger partial charge in [-0.3, -0.25) is 0 Å². The molecule has 0 radical (unpaired) electrons. The van der Waals surface area contributed by atoms with Crippen LogP contribution in [0.15, 0.2) is 12.2 Å². The highest BCUT2D eigenvalue weighted by atomic mass is 32.2. The van der Waals surface area contributed by atoms with Crippen LogP contribution in [0.25, 0.3) is 0 Å². The van der Waals surface area contributed by atoms with Crippen molar-refractivity contribution < 1.29 is 23.6 Å². The number of hydrogen-bond acceptors (Lipinski definition) is 6. The second-order valence-electron chi connectivity index (χ2n) is 6.86. The molecular weight excluding hydrogens is 330 g/mol. The second-order valence-corrected chi connectivity index (χ2v) is 8.85. The summed E-state index contributed by atoms with van der Waals surface area (Å²) in [5.41, 5.74) is 0. The van der Waals surface area contributed by atoms with Crippen molar-refractivity contribution in [2.45, 2.75) is 70.0 Å². The standard InChI is InChI=1S/C17H31NO5S/c1-6-17(22-12-13-23-17)11-10-14(8-7-9-15(19)21-5)18-24(20)16(2,3)4/h7,9,14,18H,6,8,10-13H2,1-5H3/b9-7+/t14-,24+/m1/s1. The van der Waals surface area contributed by atoms with Crippen LogP contribution < -0.4 is 4.72 Å². The van der Waals surface area contributed by atoms with E-state index in [1.54, 1.807) is 6.08 Å². The molecule has 140 valence electrons. The number of carbonyl (C=O) groups excluding carboxylic acids is 1. The summed E-state index contributed by atoms with van der Waals surface area (Å²) in [7, 11) is 1.34. The van der Waals surface area contributed by atoms with Gasteiger partial charge in [-0.25, -0.2) is 4.79 Å². The molecule has 0 aliphatic carbocycles. The van der Waals surface area contributed by atoms with Gasteiger partial charge in [-0.15, -0.1) is 4.72 Å². The van der Waals surface area contributed by atoms with E-state index in [0.717, 1.165) is 12.8 Å². The van der Waals surface area contributed by atoms with E-state index in [2.05, 4.69) is 9.46 Å². The van der Waals surface area contributed by atoms with Crippen molar-refractivity contribution >= 4 is 17.3 Å². The first-order valence-electron chi connectivity index (χ1n) is 8.43. The number of methoxy groups -OCH3 is 1. The smallest absolute Gasteiger partial charge is 0.330 e. The Kier molecular flexibility index (Phi) is 8.73. The monoisotopic (exact) mass is 361 g/mol. The van der Waals surface area contributed by atoms with Gasteiger partial charge in [0.15, 0.2) is 5.79 Å². The minimum absolute atomic E-state index is 0.0396. The fraction of sp³-hybridized carbons (Fsp3) is 0.824. The van der Waals surface area contributed by atoms with Crippen LogP contribution in [0, 0.1) is 0 Å². The lowest BCUT2D eigenvalue weighted by atomic mass is 10.0. The Morgan fingerprint density at radius 1 is 1.42 bits per heavy atom. The zero-order valence-corrected chi connectivity index (χ0v) is 16.2. The third-order valence-electron chi connectivity index (χ3n) is 3.93. The summed E-state index contributed by atoms with van der Waals surface area (Å²) in [6.07, 6.45) is 5.96. The Bertz CT molecular complexity index is 416. The molecule has 0 bridgehead atoms. The minimum Gasteiger partial charge on any atom is -0.598 e. The van der Waals surface area contributed by atoms with Crippen LogP contribution in [0.3, 0.4) is 0 Å². The third-order valence-corrected chi connectivity index (χ3v) is 5.59. The van der Waals surface area contributed by atoms with Gasteiger partial charge in [0, 0.05) is 23.9 Å². The van der Waals surface area contributed by atoms with Gasteiger partial charge in [-0.05, 0) is 40.0 Å². The first-order valence-corrected chi connectivity index (χ1v) is 9.58. The maximum atomic E-state index is 12.4. The minimum atomic E-state index is -1.18. The molecule has 24 heavy (non-hydrogen) atoms. The fourth-order valence-electron chi connectivity index (χ4n) is 2.37. The summed E-state index contributed by atoms with van der Waals surface area (Å²) < 4.78 is 31.3. The summed E-state index contributed by atoms with van der Waals surface area (Å²) in [6.45, 7) is 9.04. The van der Waals surface area contributed by atoms with Gasteiger partial charge in [-0.1, -0.05) is 13.0 Å². The first kappa shape index (κ1) is 21.4. The zero-order valence-electron chi connectivity index (χ0n) is 15.4. The molecule has 2 atom stereocenters. The van der Waals surface area contributed by atoms with Gasteiger partial charge in [-0.2, -0.15) is 0 Å². The lowest BCUT2D eigenvalue weighted by molar-refractivity contribution is -0.165. The lowest BCUT2D eigenvalue weighted by Gasteiger charge is -2.30. The summed E-state index contributed by atoms with van der Waals surface area (Å²) in [6, 6.07) is -0.0396. The maximum absolute atomic E-state index is 12.4. The first-order chi connectivity index (χ1) is 11.2. The third kappa shape index (κ3) is 7.11. The van der Waals surface area contributed by atoms with E-state index in [9.17, 15) is 9.35 Å². The molecule has 1 heterocycles. The zero-order chi connectivity index (χ0) is 18.2. The fourth-order valence-corrected chi connectivity index (χ4v) is 3.24. The van der Waals surface area contributed by atoms with Crippen LogP contribution in [-0.2, 0) is 30.4 Å². The second kappa shape index (κ2) is 9.77. The molecule has 0 aromatic rings. The number of hydrogen-bond donors (Lipinski definition) is 1. The molecule has 7 heteroatoms. The summed E-state index contributed by atoms with van der Waals surface area (Å²) >= 11 is -1.18. The molecule has 0 saturated carbocycles. The highest BCUT2D eigenvalue weighted by molar-refractivity contribution is 7.90. The molecule has 0 amide bonds. The predicted molar refractivity (Wildman–Crippen MR) is 94.8 cm³/mol. The average molecular weight is 362 g/mol. The Hall–Kier alpha value is -0.600. The highest BCUT2D eigenvalue weighted by Gasteiger charge is 2.36. The van der Waals surface area contributed by atoms with Crippen LogP contribution in [0.5, 0.6) is 0 Å². The molecule has 0 spiro atoms. The number of nitrogens with one attached hydrogen (secondary N) is 1. The summed E-state index contributed by atoms with van der Waals surface area (Å²) in [5, 5.41) is 0. The largest absolute Gasteiger partial charge is 0.598 e. The van der Waals surface area contributed by atoms with Gasteiger partial charge < -0.3 is 18.8 Å². The van der Waals surface area contributed by atoms with E-state index in [1.165, 1.54) is 13.2 Å². The lowest BCUT2D eigenvalue weighted by Crippen LogP contribution is -2.45. The normalized spacial score (nSPS) is 20.2. The summed E-state index contributed by atoms with van der Waals surface area (Å²) in [5.74, 6) is -0.923. The van der Waals surface area contributed by atoms with E-state index in [-0.39, 0.29) is 10.8 Å². The molecule has 1 rings (SSSR count). The van der Waals surface area contributed by atoms with Crippen LogP contribution in [0.4, 0.5) is 0 Å². The van der Waals surface area contributed by atoms with Crippen LogP contribution in [-0.4, -0.2) is 47.4 Å². The highest BCUT2D eigenvalue weighted by Crippen LogP contribution is 2.29. The van der Waals surface area contributed by atoms with Crippen molar-refractivity contribution in [2.24, 2.45) is 0 Å². The molecule has 1 fully saturated rings. The number of esters is 1. The van der Waals surface area contributed by atoms with Crippen LogP contribution in [0.2, 0.25) is 0 Å². The molecular formula is C17H31NO5S. The number of carbonyl (C=O) groups is 1. The van der Waals surface area contributed by atoms with Gasteiger partial charge in [0.05, 0.1) is 26.4 Å². The molecule has 0 aromatic carbocycles. The Labute approximate surface area is 148 Å². The van der Waals surface area contributed by atoms with E-state index in [4.69, 9.17) is 9.47 Å². The summed E-state index contributed by atoms with van der Waals surface area (Å²) in [4.78, 5) is 11.2. The molecule has 0 unspecified atom stereocenters. The van der Waals surface area contributed by atoms with Crippen molar-refractivity contribution in [3.63, 3.8) is 0 Å². The van der Waals surface area contributed by atoms with Crippen LogP contribution >= 0.6 is 0 Å². The Morgan fingerprint density at radius 2 is 2.04 bits per heavy atom. The Morgan fingerprint density at radius 3 is 2.54 bits per heavy atom. The van der Waals surface area contributed by atoms with Gasteiger partial charge in [0.1, 0.15) is 4.75 Å². The van der Waals surface area contributed by atoms with Crippen LogP contribution in [0.1, 0.15) is 53.4 Å². The van der Waals surface area contributed by atoms with E-state index >= 15 is 0 Å². The Balaban J connectivity index is 2.65. The van der Waals surface area contributed by atoms with Gasteiger partial charge in [0.25, 0.3) is 0 Å². The van der Waals surface area contributed by atoms with Crippen molar-refractivity contribution in [1.82, 2.24) is 4.72 Å². The van der Waals surface area contributed by atoms with Crippen molar-refractivity contribution in [3.05, 3.63) is 12.2 Å². The number of ether oxygens (including phenoxy) is 3. The van der Waals surface area contributed by atoms with E-state index in [0.29, 0.717) is 26.1 Å². The van der Waals surface area contributed by atoms with Gasteiger partial charge in [0.2, 0.25) is 0 Å². The number of rotatable bonds is 9. The van der Waals surface area contributed by atoms with E-state index in [1.807, 2.05) is 27.7 Å². The maximum Gasteiger partial charge on any atom is 0.330 e. The van der Waals surface area contributed by atoms with Crippen molar-refractivity contribution in [3.8, 4) is 0 Å². The van der Waals surface area contributed by atoms with Crippen molar-refractivity contribution in [1.29, 1.82) is 0 Å². The molecule has 1 aliphatic rings. The van der Waals surface area contributed by atoms with Gasteiger partial charge >= 0.3 is 5.97 Å². The molecule has 0 aromatic heterocycles. The topological polar surface area (TPSA) is 79.9 Å². The predicted octanol–water partition coefficient (Wildman–Crippen LogP) is 2.46. The molecule has 1 saturated heterocycles. The SMILES string of the molecule is CCC1(CC[C@@H](C/C=C/C(=O)OC)N[S@@+]([O-])C(C)(C)C)OCCO1. The quantitative estimate of drug-likeness (QED) is 0.386. The van der Waals surface area contributed by atoms with Crippen molar-refractivity contribution in [2.75, 3.05) is 20.3 Å².